The number of hydrogen-bond donors (Lipinski definition) is 3. The largest absolute Gasteiger partial charge is 0.507 e. The molecule has 0 atom stereocenters. The van der Waals surface area contributed by atoms with Gasteiger partial charge in [-0.15, -0.1) is 0 Å². The van der Waals surface area contributed by atoms with E-state index in [4.69, 9.17) is 14.6 Å². The Kier molecular flexibility index (Phi) is 9.12. The second kappa shape index (κ2) is 11.1. The van der Waals surface area contributed by atoms with Crippen LogP contribution in [0.5, 0.6) is 11.5 Å². The maximum absolute atomic E-state index is 11.3. The van der Waals surface area contributed by atoms with Crippen molar-refractivity contribution in [2.24, 2.45) is 11.1 Å². The van der Waals surface area contributed by atoms with Gasteiger partial charge in [-0.2, -0.15) is 0 Å². The molecule has 0 aromatic heterocycles. The van der Waals surface area contributed by atoms with Crippen molar-refractivity contribution in [2.45, 2.75) is 39.5 Å². The van der Waals surface area contributed by atoms with Crippen molar-refractivity contribution in [1.29, 1.82) is 0 Å². The minimum absolute atomic E-state index is 0.0450. The molecule has 0 spiro atoms. The number of carbonyl (C=O) groups is 2. The molecule has 1 aromatic carbocycles. The molecule has 0 unspecified atom stereocenters. The van der Waals surface area contributed by atoms with E-state index in [0.717, 1.165) is 39.3 Å². The Bertz CT molecular complexity index is 662. The fourth-order valence-electron chi connectivity index (χ4n) is 3.00. The summed E-state index contributed by atoms with van der Waals surface area (Å²) >= 11 is 0. The third-order valence-corrected chi connectivity index (χ3v) is 4.49. The third-order valence-electron chi connectivity index (χ3n) is 4.49. The van der Waals surface area contributed by atoms with Gasteiger partial charge in [-0.25, -0.2) is 0 Å². The number of amides is 1. The van der Waals surface area contributed by atoms with Gasteiger partial charge in [0, 0.05) is 38.6 Å². The first-order valence-electron chi connectivity index (χ1n) is 8.81. The van der Waals surface area contributed by atoms with Crippen LogP contribution < -0.4 is 4.74 Å². The lowest BCUT2D eigenvalue weighted by molar-refractivity contribution is -0.134. The molecule has 0 radical (unpaired) electrons. The quantitative estimate of drug-likeness (QED) is 0.410. The molecule has 1 heterocycles. The van der Waals surface area contributed by atoms with Crippen LogP contribution in [0.3, 0.4) is 0 Å². The van der Waals surface area contributed by atoms with Crippen LogP contribution in [0.1, 0.15) is 45.1 Å². The van der Waals surface area contributed by atoms with Gasteiger partial charge in [-0.1, -0.05) is 5.16 Å². The van der Waals surface area contributed by atoms with Crippen molar-refractivity contribution in [3.63, 3.8) is 0 Å². The number of aliphatic carboxylic acids is 1. The van der Waals surface area contributed by atoms with Crippen LogP contribution in [-0.2, 0) is 9.59 Å². The minimum atomic E-state index is -0.833. The highest BCUT2D eigenvalue weighted by atomic mass is 16.5. The van der Waals surface area contributed by atoms with Gasteiger partial charge in [-0.05, 0) is 43.7 Å². The average Bonchev–Trinajstić information content (AvgIpc) is 2.63. The van der Waals surface area contributed by atoms with Crippen LogP contribution in [0.2, 0.25) is 0 Å². The number of carboxylic acids is 1. The van der Waals surface area contributed by atoms with Gasteiger partial charge in [0.25, 0.3) is 5.97 Å². The van der Waals surface area contributed by atoms with Crippen molar-refractivity contribution < 1.29 is 29.7 Å². The van der Waals surface area contributed by atoms with E-state index < -0.39 is 5.97 Å². The standard InChI is InChI=1S/C17H24N2O4.C2H4O2/c1-12(20)19-9-7-13(8-10-19)3-6-16(18-22)15-5-4-14(23-2)11-17(15)21;1-2(3)4/h4-5,11,13,21-22H,3,6-10H2,1-2H3;1H3,(H,3,4). The molecule has 1 fully saturated rings. The normalized spacial score (nSPS) is 14.9. The molecule has 2 rings (SSSR count). The Morgan fingerprint density at radius 1 is 1.26 bits per heavy atom. The van der Waals surface area contributed by atoms with E-state index in [9.17, 15) is 15.1 Å². The van der Waals surface area contributed by atoms with E-state index in [0.29, 0.717) is 29.4 Å². The average molecular weight is 380 g/mol. The Hall–Kier alpha value is -2.77. The summed E-state index contributed by atoms with van der Waals surface area (Å²) in [6.07, 6.45) is 3.39. The molecule has 3 N–H and O–H groups in total. The third kappa shape index (κ3) is 7.55. The first kappa shape index (κ1) is 22.3. The van der Waals surface area contributed by atoms with Gasteiger partial charge >= 0.3 is 0 Å². The molecule has 1 aliphatic rings. The van der Waals surface area contributed by atoms with Crippen molar-refractivity contribution in [3.8, 4) is 11.5 Å². The monoisotopic (exact) mass is 380 g/mol. The number of aromatic hydroxyl groups is 1. The molecule has 0 aliphatic carbocycles. The zero-order valence-corrected chi connectivity index (χ0v) is 16.0. The summed E-state index contributed by atoms with van der Waals surface area (Å²) in [5.41, 5.74) is 0.994. The molecule has 1 amide bonds. The number of carboxylic acid groups (broad SMARTS) is 1. The van der Waals surface area contributed by atoms with Gasteiger partial charge < -0.3 is 25.1 Å². The molecular weight excluding hydrogens is 352 g/mol. The van der Waals surface area contributed by atoms with Crippen LogP contribution in [0.15, 0.2) is 23.4 Å². The first-order valence-corrected chi connectivity index (χ1v) is 8.81. The summed E-state index contributed by atoms with van der Waals surface area (Å²) in [6.45, 7) is 4.27. The summed E-state index contributed by atoms with van der Waals surface area (Å²) < 4.78 is 5.05. The zero-order valence-electron chi connectivity index (χ0n) is 16.0. The lowest BCUT2D eigenvalue weighted by atomic mass is 9.90. The summed E-state index contributed by atoms with van der Waals surface area (Å²) in [4.78, 5) is 22.2. The van der Waals surface area contributed by atoms with Crippen LogP contribution in [-0.4, -0.2) is 58.1 Å². The van der Waals surface area contributed by atoms with Gasteiger partial charge in [0.1, 0.15) is 11.5 Å². The van der Waals surface area contributed by atoms with Crippen molar-refractivity contribution in [3.05, 3.63) is 23.8 Å². The predicted molar refractivity (Wildman–Crippen MR) is 101 cm³/mol. The zero-order chi connectivity index (χ0) is 20.4. The summed E-state index contributed by atoms with van der Waals surface area (Å²) in [5.74, 6) is 0.399. The second-order valence-electron chi connectivity index (χ2n) is 6.44. The number of phenols is 1. The SMILES string of the molecule is CC(=O)O.COc1ccc(C(CCC2CCN(C(C)=O)CC2)=NO)c(O)c1. The number of carbonyl (C=O) groups excluding carboxylic acids is 1. The van der Waals surface area contributed by atoms with Crippen molar-refractivity contribution in [2.75, 3.05) is 20.2 Å². The highest BCUT2D eigenvalue weighted by Crippen LogP contribution is 2.27. The minimum Gasteiger partial charge on any atom is -0.507 e. The van der Waals surface area contributed by atoms with E-state index in [-0.39, 0.29) is 11.7 Å². The summed E-state index contributed by atoms with van der Waals surface area (Å²) in [7, 11) is 1.53. The van der Waals surface area contributed by atoms with Crippen LogP contribution >= 0.6 is 0 Å². The molecular formula is C19H28N2O6. The van der Waals surface area contributed by atoms with E-state index in [1.165, 1.54) is 13.2 Å². The summed E-state index contributed by atoms with van der Waals surface area (Å²) in [6, 6.07) is 4.93. The number of benzene rings is 1. The Balaban J connectivity index is 0.000000828. The number of rotatable bonds is 5. The molecule has 8 heteroatoms. The van der Waals surface area contributed by atoms with Gasteiger partial charge in [0.15, 0.2) is 0 Å². The molecule has 0 saturated carbocycles. The lowest BCUT2D eigenvalue weighted by Crippen LogP contribution is -2.37. The van der Waals surface area contributed by atoms with Gasteiger partial charge in [0.05, 0.1) is 12.8 Å². The Morgan fingerprint density at radius 3 is 2.30 bits per heavy atom. The smallest absolute Gasteiger partial charge is 0.300 e. The molecule has 8 nitrogen and oxygen atoms in total. The van der Waals surface area contributed by atoms with Crippen LogP contribution in [0.4, 0.5) is 0 Å². The number of nitrogens with zero attached hydrogens (tertiary/aromatic N) is 2. The number of likely N-dealkylation sites (tertiary alicyclic amines) is 1. The van der Waals surface area contributed by atoms with Gasteiger partial charge in [-0.3, -0.25) is 9.59 Å². The van der Waals surface area contributed by atoms with Crippen molar-refractivity contribution >= 4 is 17.6 Å². The van der Waals surface area contributed by atoms with E-state index in [2.05, 4.69) is 5.16 Å². The molecule has 150 valence electrons. The van der Waals surface area contributed by atoms with Gasteiger partial charge in [0.2, 0.25) is 5.91 Å². The first-order chi connectivity index (χ1) is 12.8. The lowest BCUT2D eigenvalue weighted by Gasteiger charge is -2.31. The highest BCUT2D eigenvalue weighted by Gasteiger charge is 2.21. The summed E-state index contributed by atoms with van der Waals surface area (Å²) in [5, 5.41) is 30.1. The Morgan fingerprint density at radius 2 is 1.85 bits per heavy atom. The van der Waals surface area contributed by atoms with Crippen molar-refractivity contribution in [1.82, 2.24) is 4.90 Å². The molecule has 0 bridgehead atoms. The maximum Gasteiger partial charge on any atom is 0.300 e. The second-order valence-corrected chi connectivity index (χ2v) is 6.44. The van der Waals surface area contributed by atoms with E-state index >= 15 is 0 Å². The molecule has 27 heavy (non-hydrogen) atoms. The van der Waals surface area contributed by atoms with E-state index in [1.807, 2.05) is 4.90 Å². The maximum atomic E-state index is 11.3. The van der Waals surface area contributed by atoms with E-state index in [1.54, 1.807) is 19.1 Å². The Labute approximate surface area is 159 Å². The number of methoxy groups -OCH3 is 1. The van der Waals surface area contributed by atoms with Crippen LogP contribution in [0.25, 0.3) is 0 Å². The number of hydrogen-bond acceptors (Lipinski definition) is 6. The molecule has 1 saturated heterocycles. The number of oxime groups is 1. The topological polar surface area (TPSA) is 120 Å². The fraction of sp³-hybridized carbons (Fsp3) is 0.526. The number of piperidine rings is 1. The molecule has 1 aromatic rings. The fourth-order valence-corrected chi connectivity index (χ4v) is 3.00. The number of phenolic OH excluding ortho intramolecular Hbond substituents is 1. The highest BCUT2D eigenvalue weighted by molar-refractivity contribution is 6.02. The number of ether oxygens (including phenoxy) is 1. The molecule has 1 aliphatic heterocycles. The predicted octanol–water partition coefficient (Wildman–Crippen LogP) is 2.71. The van der Waals surface area contributed by atoms with Crippen LogP contribution in [0, 0.1) is 5.92 Å².